The first kappa shape index (κ1) is 19.2. The Morgan fingerprint density at radius 1 is 0.967 bits per heavy atom. The van der Waals surface area contributed by atoms with E-state index in [1.54, 1.807) is 55.5 Å². The van der Waals surface area contributed by atoms with Crippen molar-refractivity contribution in [3.63, 3.8) is 0 Å². The lowest BCUT2D eigenvalue weighted by molar-refractivity contribution is -0.255. The van der Waals surface area contributed by atoms with Gasteiger partial charge in [-0.25, -0.2) is 9.59 Å². The minimum absolute atomic E-state index is 0.0123. The van der Waals surface area contributed by atoms with E-state index in [4.69, 9.17) is 13.9 Å². The number of aryl methyl sites for hydroxylation is 1. The Morgan fingerprint density at radius 2 is 1.67 bits per heavy atom. The topological polar surface area (TPSA) is 106 Å². The average molecular weight is 403 g/mol. The van der Waals surface area contributed by atoms with Gasteiger partial charge in [0, 0.05) is 17.2 Å². The molecule has 2 heterocycles. The monoisotopic (exact) mass is 403 g/mol. The maximum Gasteiger partial charge on any atom is 0.349 e. The van der Waals surface area contributed by atoms with Crippen molar-refractivity contribution in [3.05, 3.63) is 88.7 Å². The van der Waals surface area contributed by atoms with Gasteiger partial charge in [0.1, 0.15) is 17.1 Å². The van der Waals surface area contributed by atoms with Crippen molar-refractivity contribution < 1.29 is 33.4 Å². The second-order valence-electron chi connectivity index (χ2n) is 6.63. The second-order valence-corrected chi connectivity index (χ2v) is 6.63. The SMILES string of the molecule is Cc1ccc(C(=O)[O-])cc1-c1ccc(C=C2C(=O)OC(c3ccccc3)OC2=O)o1. The highest BCUT2D eigenvalue weighted by Gasteiger charge is 2.34. The summed E-state index contributed by atoms with van der Waals surface area (Å²) >= 11 is 0. The van der Waals surface area contributed by atoms with Gasteiger partial charge in [-0.2, -0.15) is 0 Å². The van der Waals surface area contributed by atoms with Gasteiger partial charge in [-0.3, -0.25) is 0 Å². The summed E-state index contributed by atoms with van der Waals surface area (Å²) in [5.74, 6) is -2.36. The molecule has 0 unspecified atom stereocenters. The van der Waals surface area contributed by atoms with E-state index in [9.17, 15) is 19.5 Å². The molecule has 2 aromatic carbocycles. The molecular formula is C23H15O7-. The molecule has 7 nitrogen and oxygen atoms in total. The first-order valence-corrected chi connectivity index (χ1v) is 9.03. The molecule has 4 rings (SSSR count). The van der Waals surface area contributed by atoms with Crippen LogP contribution in [0.15, 0.2) is 70.7 Å². The number of ether oxygens (including phenoxy) is 2. The fraction of sp³-hybridized carbons (Fsp3) is 0.0870. The van der Waals surface area contributed by atoms with Crippen molar-refractivity contribution in [3.8, 4) is 11.3 Å². The second kappa shape index (κ2) is 7.71. The van der Waals surface area contributed by atoms with Crippen LogP contribution in [0.3, 0.4) is 0 Å². The summed E-state index contributed by atoms with van der Waals surface area (Å²) in [5, 5.41) is 11.1. The molecule has 0 aliphatic carbocycles. The summed E-state index contributed by atoms with van der Waals surface area (Å²) in [6.45, 7) is 1.80. The Morgan fingerprint density at radius 3 is 2.33 bits per heavy atom. The molecule has 0 saturated carbocycles. The third kappa shape index (κ3) is 3.73. The Hall–Kier alpha value is -4.13. The molecule has 1 aliphatic heterocycles. The largest absolute Gasteiger partial charge is 0.545 e. The lowest BCUT2D eigenvalue weighted by atomic mass is 10.0. The summed E-state index contributed by atoms with van der Waals surface area (Å²) in [6.07, 6.45) is 0.123. The predicted octanol–water partition coefficient (Wildman–Crippen LogP) is 2.80. The predicted molar refractivity (Wildman–Crippen MR) is 103 cm³/mol. The quantitative estimate of drug-likeness (QED) is 0.375. The van der Waals surface area contributed by atoms with Crippen LogP contribution >= 0.6 is 0 Å². The molecule has 30 heavy (non-hydrogen) atoms. The molecule has 0 N–H and O–H groups in total. The van der Waals surface area contributed by atoms with Crippen LogP contribution in [0.2, 0.25) is 0 Å². The van der Waals surface area contributed by atoms with E-state index in [0.29, 0.717) is 16.9 Å². The molecule has 1 aliphatic rings. The Balaban J connectivity index is 1.59. The van der Waals surface area contributed by atoms with Crippen LogP contribution in [0.1, 0.15) is 33.5 Å². The van der Waals surface area contributed by atoms with E-state index in [0.717, 1.165) is 5.56 Å². The minimum Gasteiger partial charge on any atom is -0.545 e. The van der Waals surface area contributed by atoms with Gasteiger partial charge >= 0.3 is 11.9 Å². The van der Waals surface area contributed by atoms with E-state index in [1.807, 2.05) is 0 Å². The number of aromatic carboxylic acids is 1. The van der Waals surface area contributed by atoms with Crippen LogP contribution in [-0.4, -0.2) is 17.9 Å². The van der Waals surface area contributed by atoms with Gasteiger partial charge in [-0.05, 0) is 36.2 Å². The van der Waals surface area contributed by atoms with Gasteiger partial charge < -0.3 is 23.8 Å². The number of carboxylic acids is 1. The summed E-state index contributed by atoms with van der Waals surface area (Å²) in [7, 11) is 0. The fourth-order valence-electron chi connectivity index (χ4n) is 3.02. The minimum atomic E-state index is -1.30. The van der Waals surface area contributed by atoms with Gasteiger partial charge in [-0.1, -0.05) is 42.5 Å². The lowest BCUT2D eigenvalue weighted by Crippen LogP contribution is -2.29. The van der Waals surface area contributed by atoms with Gasteiger partial charge in [0.25, 0.3) is 6.29 Å². The standard InChI is InChI=1S/C23H16O7/c1-13-7-8-15(20(24)25)11-17(13)19-10-9-16(28-19)12-18-21(26)29-23(30-22(18)27)14-5-3-2-4-6-14/h2-12,23H,1H3,(H,24,25)/p-1. The van der Waals surface area contributed by atoms with Crippen LogP contribution in [-0.2, 0) is 19.1 Å². The molecule has 0 atom stereocenters. The third-order valence-electron chi connectivity index (χ3n) is 4.59. The Bertz CT molecular complexity index is 1150. The van der Waals surface area contributed by atoms with Crippen LogP contribution in [0.4, 0.5) is 0 Å². The zero-order chi connectivity index (χ0) is 21.3. The number of hydrogen-bond donors (Lipinski definition) is 0. The third-order valence-corrected chi connectivity index (χ3v) is 4.59. The molecule has 150 valence electrons. The van der Waals surface area contributed by atoms with E-state index in [1.165, 1.54) is 18.2 Å². The van der Waals surface area contributed by atoms with Gasteiger partial charge in [0.2, 0.25) is 0 Å². The van der Waals surface area contributed by atoms with E-state index in [-0.39, 0.29) is 16.9 Å². The number of carbonyl (C=O) groups is 3. The maximum absolute atomic E-state index is 12.3. The molecule has 1 fully saturated rings. The summed E-state index contributed by atoms with van der Waals surface area (Å²) in [5.41, 5.74) is 1.60. The number of carbonyl (C=O) groups excluding carboxylic acids is 3. The van der Waals surface area contributed by atoms with Gasteiger partial charge in [0.15, 0.2) is 0 Å². The smallest absolute Gasteiger partial charge is 0.349 e. The van der Waals surface area contributed by atoms with Crippen molar-refractivity contribution in [2.75, 3.05) is 0 Å². The normalized spacial score (nSPS) is 16.0. The highest BCUT2D eigenvalue weighted by molar-refractivity contribution is 6.18. The zero-order valence-corrected chi connectivity index (χ0v) is 15.8. The molecule has 1 aromatic heterocycles. The van der Waals surface area contributed by atoms with Crippen LogP contribution in [0.5, 0.6) is 0 Å². The number of furan rings is 1. The Labute approximate surface area is 171 Å². The number of benzene rings is 2. The van der Waals surface area contributed by atoms with Gasteiger partial charge in [0.05, 0.1) is 5.97 Å². The molecule has 7 heteroatoms. The van der Waals surface area contributed by atoms with Crippen molar-refractivity contribution in [1.82, 2.24) is 0 Å². The highest BCUT2D eigenvalue weighted by atomic mass is 16.7. The summed E-state index contributed by atoms with van der Waals surface area (Å²) in [4.78, 5) is 35.8. The summed E-state index contributed by atoms with van der Waals surface area (Å²) < 4.78 is 16.1. The number of hydrogen-bond acceptors (Lipinski definition) is 7. The van der Waals surface area contributed by atoms with E-state index >= 15 is 0 Å². The van der Waals surface area contributed by atoms with Gasteiger partial charge in [-0.15, -0.1) is 0 Å². The summed E-state index contributed by atoms with van der Waals surface area (Å²) in [6, 6.07) is 16.3. The zero-order valence-electron chi connectivity index (χ0n) is 15.8. The number of carboxylic acid groups (broad SMARTS) is 1. The molecule has 3 aromatic rings. The van der Waals surface area contributed by atoms with Crippen molar-refractivity contribution in [2.45, 2.75) is 13.2 Å². The molecular weight excluding hydrogens is 388 g/mol. The van der Waals surface area contributed by atoms with Crippen molar-refractivity contribution in [1.29, 1.82) is 0 Å². The number of cyclic esters (lactones) is 2. The highest BCUT2D eigenvalue weighted by Crippen LogP contribution is 2.30. The average Bonchev–Trinajstić information content (AvgIpc) is 3.20. The van der Waals surface area contributed by atoms with Crippen molar-refractivity contribution in [2.24, 2.45) is 0 Å². The lowest BCUT2D eigenvalue weighted by Gasteiger charge is -2.23. The first-order valence-electron chi connectivity index (χ1n) is 9.03. The number of rotatable bonds is 4. The van der Waals surface area contributed by atoms with E-state index in [2.05, 4.69) is 0 Å². The van der Waals surface area contributed by atoms with Crippen LogP contribution in [0.25, 0.3) is 17.4 Å². The molecule has 0 radical (unpaired) electrons. The molecule has 1 saturated heterocycles. The van der Waals surface area contributed by atoms with Crippen LogP contribution < -0.4 is 5.11 Å². The fourth-order valence-corrected chi connectivity index (χ4v) is 3.02. The van der Waals surface area contributed by atoms with Crippen molar-refractivity contribution >= 4 is 24.0 Å². The van der Waals surface area contributed by atoms with E-state index < -0.39 is 24.2 Å². The molecule has 0 spiro atoms. The molecule has 0 bridgehead atoms. The first-order chi connectivity index (χ1) is 14.4. The number of esters is 2. The van der Waals surface area contributed by atoms with Crippen LogP contribution in [0, 0.1) is 6.92 Å². The Kier molecular flexibility index (Phi) is 4.93. The maximum atomic E-state index is 12.3. The molecule has 0 amide bonds.